The van der Waals surface area contributed by atoms with E-state index in [-0.39, 0.29) is 24.3 Å². The molecule has 0 bridgehead atoms. The summed E-state index contributed by atoms with van der Waals surface area (Å²) in [4.78, 5) is 30.3. The van der Waals surface area contributed by atoms with E-state index in [0.29, 0.717) is 10.7 Å². The van der Waals surface area contributed by atoms with Gasteiger partial charge in [0.25, 0.3) is 5.91 Å². The summed E-state index contributed by atoms with van der Waals surface area (Å²) in [7, 11) is 1.66. The highest BCUT2D eigenvalue weighted by Crippen LogP contribution is 2.25. The van der Waals surface area contributed by atoms with Gasteiger partial charge in [0.2, 0.25) is 5.91 Å². The van der Waals surface area contributed by atoms with Crippen molar-refractivity contribution < 1.29 is 19.2 Å². The van der Waals surface area contributed by atoms with E-state index in [4.69, 9.17) is 16.3 Å². The van der Waals surface area contributed by atoms with E-state index in [2.05, 4.69) is 11.0 Å². The second kappa shape index (κ2) is 7.81. The number of methoxy groups -OCH3 is 1. The number of halogens is 1. The Morgan fingerprint density at radius 1 is 1.04 bits per heavy atom. The Morgan fingerprint density at radius 3 is 2.46 bits per heavy atom. The minimum atomic E-state index is -0.320. The second-order valence-electron chi connectivity index (χ2n) is 7.15. The maximum absolute atomic E-state index is 13.0. The lowest BCUT2D eigenvalue weighted by molar-refractivity contribution is -0.915. The lowest BCUT2D eigenvalue weighted by atomic mass is 10.1. The number of quaternary nitrogens is 1. The number of nitrogens with zero attached hydrogens (tertiary/aromatic N) is 2. The van der Waals surface area contributed by atoms with Crippen molar-refractivity contribution in [3.05, 3.63) is 53.6 Å². The Labute approximate surface area is 169 Å². The SMILES string of the molecule is COc1cccc(N2CC[NH+]([C@H]3CC(=O)N(c4cccc(Cl)c4)C3=O)CC2)c1. The van der Waals surface area contributed by atoms with Gasteiger partial charge in [-0.2, -0.15) is 0 Å². The topological polar surface area (TPSA) is 54.3 Å². The van der Waals surface area contributed by atoms with E-state index in [1.165, 1.54) is 9.80 Å². The molecule has 2 fully saturated rings. The van der Waals surface area contributed by atoms with Crippen molar-refractivity contribution in [1.82, 2.24) is 0 Å². The van der Waals surface area contributed by atoms with Crippen LogP contribution in [0.1, 0.15) is 6.42 Å². The maximum atomic E-state index is 13.0. The first-order valence-corrected chi connectivity index (χ1v) is 9.80. The molecule has 0 radical (unpaired) electrons. The highest BCUT2D eigenvalue weighted by molar-refractivity contribution is 6.31. The predicted octanol–water partition coefficient (Wildman–Crippen LogP) is 1.39. The number of anilines is 2. The Hall–Kier alpha value is -2.57. The van der Waals surface area contributed by atoms with Gasteiger partial charge in [-0.05, 0) is 30.3 Å². The molecule has 2 heterocycles. The Kier molecular flexibility index (Phi) is 5.24. The number of ether oxygens (including phenoxy) is 1. The number of amides is 2. The summed E-state index contributed by atoms with van der Waals surface area (Å²) >= 11 is 6.03. The molecule has 2 aliphatic rings. The van der Waals surface area contributed by atoms with E-state index < -0.39 is 0 Å². The Morgan fingerprint density at radius 2 is 1.75 bits per heavy atom. The normalized spacial score (nSPS) is 20.7. The van der Waals surface area contributed by atoms with Crippen LogP contribution in [0.2, 0.25) is 5.02 Å². The number of nitrogens with one attached hydrogen (secondary N) is 1. The monoisotopic (exact) mass is 400 g/mol. The minimum Gasteiger partial charge on any atom is -0.497 e. The number of carbonyl (C=O) groups is 2. The average Bonchev–Trinajstić information content (AvgIpc) is 3.02. The molecule has 0 aromatic heterocycles. The zero-order chi connectivity index (χ0) is 19.7. The maximum Gasteiger partial charge on any atom is 0.292 e. The van der Waals surface area contributed by atoms with E-state index in [9.17, 15) is 9.59 Å². The molecule has 0 aliphatic carbocycles. The largest absolute Gasteiger partial charge is 0.497 e. The van der Waals surface area contributed by atoms with E-state index in [1.807, 2.05) is 18.2 Å². The van der Waals surface area contributed by atoms with Gasteiger partial charge in [0.15, 0.2) is 6.04 Å². The lowest BCUT2D eigenvalue weighted by Gasteiger charge is -2.35. The predicted molar refractivity (Wildman–Crippen MR) is 108 cm³/mol. The summed E-state index contributed by atoms with van der Waals surface area (Å²) < 4.78 is 5.31. The molecule has 2 amide bonds. The number of hydrogen-bond acceptors (Lipinski definition) is 4. The smallest absolute Gasteiger partial charge is 0.292 e. The van der Waals surface area contributed by atoms with E-state index in [1.54, 1.807) is 31.4 Å². The number of piperazine rings is 1. The van der Waals surface area contributed by atoms with Crippen molar-refractivity contribution in [1.29, 1.82) is 0 Å². The van der Waals surface area contributed by atoms with E-state index in [0.717, 1.165) is 37.6 Å². The van der Waals surface area contributed by atoms with Crippen LogP contribution < -0.4 is 19.4 Å². The van der Waals surface area contributed by atoms with Crippen molar-refractivity contribution in [2.75, 3.05) is 43.1 Å². The van der Waals surface area contributed by atoms with Gasteiger partial charge in [0.1, 0.15) is 5.75 Å². The number of rotatable bonds is 4. The van der Waals surface area contributed by atoms with Crippen LogP contribution in [0.3, 0.4) is 0 Å². The molecule has 2 saturated heterocycles. The summed E-state index contributed by atoms with van der Waals surface area (Å²) in [5, 5.41) is 0.515. The molecular formula is C21H23ClN3O3+. The summed E-state index contributed by atoms with van der Waals surface area (Å²) in [5.41, 5.74) is 1.67. The van der Waals surface area contributed by atoms with Gasteiger partial charge in [-0.3, -0.25) is 9.59 Å². The zero-order valence-electron chi connectivity index (χ0n) is 15.7. The molecule has 2 aromatic rings. The molecule has 0 spiro atoms. The molecule has 4 rings (SSSR count). The highest BCUT2D eigenvalue weighted by Gasteiger charge is 2.46. The van der Waals surface area contributed by atoms with E-state index >= 15 is 0 Å². The molecule has 2 aromatic carbocycles. The standard InChI is InChI=1S/C21H22ClN3O3/c1-28-18-7-3-5-16(13-18)23-8-10-24(11-9-23)19-14-20(26)25(21(19)27)17-6-2-4-15(22)12-17/h2-7,12-13,19H,8-11,14H2,1H3/p+1/t19-/m0/s1. The first-order valence-electron chi connectivity index (χ1n) is 9.43. The van der Waals surface area contributed by atoms with Gasteiger partial charge >= 0.3 is 0 Å². The van der Waals surface area contributed by atoms with Gasteiger partial charge < -0.3 is 14.5 Å². The number of benzene rings is 2. The van der Waals surface area contributed by atoms with Crippen LogP contribution in [0.15, 0.2) is 48.5 Å². The van der Waals surface area contributed by atoms with Crippen LogP contribution >= 0.6 is 11.6 Å². The van der Waals surface area contributed by atoms with Crippen LogP contribution in [0.25, 0.3) is 0 Å². The van der Waals surface area contributed by atoms with Crippen LogP contribution in [-0.2, 0) is 9.59 Å². The van der Waals surface area contributed by atoms with Gasteiger partial charge in [-0.25, -0.2) is 4.90 Å². The molecule has 7 heteroatoms. The van der Waals surface area contributed by atoms with Crippen molar-refractivity contribution in [3.8, 4) is 5.75 Å². The third-order valence-corrected chi connectivity index (χ3v) is 5.77. The molecule has 1 atom stereocenters. The fraction of sp³-hybridized carbons (Fsp3) is 0.333. The van der Waals surface area contributed by atoms with Crippen LogP contribution in [0, 0.1) is 0 Å². The molecular weight excluding hydrogens is 378 g/mol. The van der Waals surface area contributed by atoms with Crippen molar-refractivity contribution in [3.63, 3.8) is 0 Å². The third kappa shape index (κ3) is 3.57. The van der Waals surface area contributed by atoms with Crippen molar-refractivity contribution >= 4 is 34.8 Å². The van der Waals surface area contributed by atoms with Gasteiger partial charge in [0.05, 0.1) is 45.4 Å². The molecule has 1 N–H and O–H groups in total. The molecule has 146 valence electrons. The fourth-order valence-corrected chi connectivity index (χ4v) is 4.23. The van der Waals surface area contributed by atoms with Gasteiger partial charge in [0, 0.05) is 16.8 Å². The molecule has 28 heavy (non-hydrogen) atoms. The Balaban J connectivity index is 1.43. The van der Waals surface area contributed by atoms with Crippen molar-refractivity contribution in [2.45, 2.75) is 12.5 Å². The number of carbonyl (C=O) groups excluding carboxylic acids is 2. The third-order valence-electron chi connectivity index (χ3n) is 5.53. The first-order chi connectivity index (χ1) is 13.6. The second-order valence-corrected chi connectivity index (χ2v) is 7.59. The summed E-state index contributed by atoms with van der Waals surface area (Å²) in [6, 6.07) is 14.6. The quantitative estimate of drug-likeness (QED) is 0.788. The minimum absolute atomic E-state index is 0.128. The molecule has 0 saturated carbocycles. The first kappa shape index (κ1) is 18.8. The summed E-state index contributed by atoms with van der Waals surface area (Å²) in [6.45, 7) is 3.28. The van der Waals surface area contributed by atoms with Gasteiger partial charge in [-0.1, -0.05) is 23.7 Å². The molecule has 0 unspecified atom stereocenters. The molecule has 2 aliphatic heterocycles. The number of hydrogen-bond donors (Lipinski definition) is 1. The highest BCUT2D eigenvalue weighted by atomic mass is 35.5. The summed E-state index contributed by atoms with van der Waals surface area (Å²) in [5.74, 6) is 0.554. The lowest BCUT2D eigenvalue weighted by Crippen LogP contribution is -3.19. The average molecular weight is 401 g/mol. The van der Waals surface area contributed by atoms with Crippen LogP contribution in [0.4, 0.5) is 11.4 Å². The van der Waals surface area contributed by atoms with Crippen LogP contribution in [-0.4, -0.2) is 51.1 Å². The van der Waals surface area contributed by atoms with Crippen molar-refractivity contribution in [2.24, 2.45) is 0 Å². The number of imide groups is 1. The zero-order valence-corrected chi connectivity index (χ0v) is 16.5. The Bertz CT molecular complexity index is 896. The summed E-state index contributed by atoms with van der Waals surface area (Å²) in [6.07, 6.45) is 0.250. The van der Waals surface area contributed by atoms with Gasteiger partial charge in [-0.15, -0.1) is 0 Å². The molecule has 6 nitrogen and oxygen atoms in total. The fourth-order valence-electron chi connectivity index (χ4n) is 4.05. The van der Waals surface area contributed by atoms with Crippen LogP contribution in [0.5, 0.6) is 5.75 Å².